The van der Waals surface area contributed by atoms with Crippen molar-refractivity contribution in [1.82, 2.24) is 14.5 Å². The Bertz CT molecular complexity index is 3470. The van der Waals surface area contributed by atoms with Crippen molar-refractivity contribution in [3.05, 3.63) is 244 Å². The van der Waals surface area contributed by atoms with Gasteiger partial charge in [-0.15, -0.1) is 22.7 Å². The molecule has 0 aliphatic carbocycles. The predicted octanol–water partition coefficient (Wildman–Crippen LogP) is 22.0. The molecular weight excluding hydrogens is 1420 g/mol. The normalized spacial score (nSPS) is 10.4. The minimum atomic E-state index is 0. The molecule has 0 bridgehead atoms. The zero-order valence-corrected chi connectivity index (χ0v) is 52.8. The smallest absolute Gasteiger partial charge is 0.165 e. The molecular formula is C62H57I4N3O2S3. The summed E-state index contributed by atoms with van der Waals surface area (Å²) < 4.78 is 20.5. The second-order valence-corrected chi connectivity index (χ2v) is 24.2. The first-order chi connectivity index (χ1) is 35.5. The van der Waals surface area contributed by atoms with Gasteiger partial charge in [0.05, 0.1) is 9.15 Å². The Labute approximate surface area is 503 Å². The van der Waals surface area contributed by atoms with E-state index in [1.807, 2.05) is 116 Å². The summed E-state index contributed by atoms with van der Waals surface area (Å²) in [6.45, 7) is 10.7. The van der Waals surface area contributed by atoms with Crippen LogP contribution in [0.5, 0.6) is 0 Å². The summed E-state index contributed by atoms with van der Waals surface area (Å²) in [7, 11) is 0. The first-order valence-corrected chi connectivity index (χ1v) is 29.6. The third-order valence-electron chi connectivity index (χ3n) is 10.9. The largest absolute Gasteiger partial charge is 0.464 e. The SMILES string of the molecule is CC.CC(C)(C)n1cc(I)c2ccccc21.Ic1c[nH]c2ccccc12.Ic1cc2ccccc2o1.Ic1cc2ccccc2s1.S.c1ccc2[nH]ccc2c1.c1ccc2occc2c1.c1ccc2sccc2c1. The number of thiophene rings is 2. The van der Waals surface area contributed by atoms with Gasteiger partial charge in [-0.3, -0.25) is 0 Å². The molecule has 0 radical (unpaired) electrons. The van der Waals surface area contributed by atoms with Gasteiger partial charge in [-0.05, 0) is 205 Å². The third kappa shape index (κ3) is 16.7. The highest BCUT2D eigenvalue weighted by atomic mass is 127. The molecule has 2 N–H and O–H groups in total. The summed E-state index contributed by atoms with van der Waals surface area (Å²) in [5, 5.41) is 11.1. The summed E-state index contributed by atoms with van der Waals surface area (Å²) in [6.07, 6.45) is 7.89. The van der Waals surface area contributed by atoms with Gasteiger partial charge < -0.3 is 23.4 Å². The van der Waals surface area contributed by atoms with Crippen LogP contribution in [0.15, 0.2) is 239 Å². The average Bonchev–Trinajstić information content (AvgIpc) is 4.30. The summed E-state index contributed by atoms with van der Waals surface area (Å²) in [5.74, 6) is 0. The van der Waals surface area contributed by atoms with Crippen LogP contribution in [0, 0.1) is 13.8 Å². The van der Waals surface area contributed by atoms with E-state index in [-0.39, 0.29) is 19.0 Å². The average molecular weight is 1480 g/mol. The number of nitrogens with zero attached hydrogens (tertiary/aromatic N) is 1. The molecule has 0 unspecified atom stereocenters. The lowest BCUT2D eigenvalue weighted by molar-refractivity contribution is 0.410. The number of hydrogen-bond donors (Lipinski definition) is 2. The van der Waals surface area contributed by atoms with Crippen molar-refractivity contribution < 1.29 is 8.83 Å². The molecule has 14 aromatic rings. The second kappa shape index (κ2) is 29.7. The Morgan fingerprint density at radius 3 is 1.74 bits per heavy atom. The first-order valence-electron chi connectivity index (χ1n) is 23.6. The van der Waals surface area contributed by atoms with E-state index >= 15 is 0 Å². The molecule has 7 aromatic heterocycles. The Morgan fingerprint density at radius 1 is 0.500 bits per heavy atom. The monoisotopic (exact) mass is 1480 g/mol. The van der Waals surface area contributed by atoms with E-state index in [0.717, 1.165) is 20.3 Å². The third-order valence-corrected chi connectivity index (χ3v) is 16.0. The van der Waals surface area contributed by atoms with Gasteiger partial charge in [0.25, 0.3) is 0 Å². The van der Waals surface area contributed by atoms with Crippen LogP contribution in [0.1, 0.15) is 34.6 Å². The Kier molecular flexibility index (Phi) is 23.5. The van der Waals surface area contributed by atoms with Crippen molar-refractivity contribution in [2.75, 3.05) is 0 Å². The lowest BCUT2D eigenvalue weighted by Gasteiger charge is -2.22. The minimum Gasteiger partial charge on any atom is -0.464 e. The van der Waals surface area contributed by atoms with Crippen LogP contribution in [0.3, 0.4) is 0 Å². The molecule has 7 heterocycles. The number of rotatable bonds is 0. The van der Waals surface area contributed by atoms with E-state index in [2.05, 4.69) is 259 Å². The summed E-state index contributed by atoms with van der Waals surface area (Å²) in [6, 6.07) is 68.2. The fourth-order valence-corrected chi connectivity index (χ4v) is 12.0. The van der Waals surface area contributed by atoms with E-state index in [1.54, 1.807) is 17.6 Å². The van der Waals surface area contributed by atoms with Crippen LogP contribution in [0.25, 0.3) is 74.8 Å². The van der Waals surface area contributed by atoms with Gasteiger partial charge in [-0.25, -0.2) is 0 Å². The van der Waals surface area contributed by atoms with E-state index in [0.29, 0.717) is 0 Å². The van der Waals surface area contributed by atoms with Gasteiger partial charge in [0.1, 0.15) is 11.2 Å². The highest BCUT2D eigenvalue weighted by molar-refractivity contribution is 14.1. The standard InChI is InChI=1S/C12H14IN.C8H6IN.C8H5IO.C8H5IS.C8H7N.C8H6O.C8H6S.C2H6.H2S/c1-12(2,3)14-8-10(13)9-6-4-5-7-11(9)14;9-7-5-10-8-4-2-1-3-6(7)8;2*9-8-5-6-3-1-2-4-7(6)10-8;3*1-2-4-8-7(3-1)5-6-9-8;1-2;/h4-8H,1-3H3;1-5,10H;2*1-5H;1-6,9H;2*1-6H;1-2H3;1H2. The molecule has 0 saturated carbocycles. The van der Waals surface area contributed by atoms with Gasteiger partial charge in [0.2, 0.25) is 0 Å². The zero-order chi connectivity index (χ0) is 51.6. The van der Waals surface area contributed by atoms with Crippen LogP contribution in [-0.2, 0) is 5.54 Å². The van der Waals surface area contributed by atoms with Crippen LogP contribution in [0.2, 0.25) is 0 Å². The van der Waals surface area contributed by atoms with Crippen LogP contribution >= 0.6 is 127 Å². The van der Waals surface area contributed by atoms with Crippen LogP contribution in [0.4, 0.5) is 0 Å². The molecule has 0 atom stereocenters. The molecule has 5 nitrogen and oxygen atoms in total. The maximum Gasteiger partial charge on any atom is 0.165 e. The summed E-state index contributed by atoms with van der Waals surface area (Å²) in [5.41, 5.74) is 5.82. The highest BCUT2D eigenvalue weighted by Gasteiger charge is 2.16. The first kappa shape index (κ1) is 58.7. The molecule has 14 rings (SSSR count). The van der Waals surface area contributed by atoms with E-state index in [4.69, 9.17) is 8.83 Å². The maximum atomic E-state index is 5.35. The van der Waals surface area contributed by atoms with E-state index in [1.165, 1.54) is 68.3 Å². The van der Waals surface area contributed by atoms with Gasteiger partial charge in [0.15, 0.2) is 3.77 Å². The number of H-pyrrole nitrogens is 2. The Morgan fingerprint density at radius 2 is 1.08 bits per heavy atom. The number of aromatic amines is 2. The number of benzene rings is 7. The van der Waals surface area contributed by atoms with Crippen molar-refractivity contribution in [1.29, 1.82) is 0 Å². The molecule has 378 valence electrons. The number of aromatic nitrogens is 3. The molecule has 74 heavy (non-hydrogen) atoms. The number of fused-ring (bicyclic) bond motifs is 7. The molecule has 0 fully saturated rings. The number of para-hydroxylation sites is 5. The number of halogens is 4. The number of furan rings is 2. The van der Waals surface area contributed by atoms with Crippen LogP contribution < -0.4 is 0 Å². The Hall–Kier alpha value is -4.57. The van der Waals surface area contributed by atoms with E-state index in [9.17, 15) is 0 Å². The fourth-order valence-electron chi connectivity index (χ4n) is 7.44. The van der Waals surface area contributed by atoms with Gasteiger partial charge in [0, 0.05) is 78.8 Å². The second-order valence-electron chi connectivity index (χ2n) is 16.9. The van der Waals surface area contributed by atoms with Gasteiger partial charge in [-0.1, -0.05) is 141 Å². The lowest BCUT2D eigenvalue weighted by Crippen LogP contribution is -2.20. The van der Waals surface area contributed by atoms with Gasteiger partial charge in [-0.2, -0.15) is 13.5 Å². The lowest BCUT2D eigenvalue weighted by atomic mass is 10.1. The number of hydrogen-bond acceptors (Lipinski definition) is 4. The predicted molar refractivity (Wildman–Crippen MR) is 362 cm³/mol. The van der Waals surface area contributed by atoms with Gasteiger partial charge >= 0.3 is 0 Å². The maximum absolute atomic E-state index is 5.35. The highest BCUT2D eigenvalue weighted by Crippen LogP contribution is 2.29. The van der Waals surface area contributed by atoms with Crippen LogP contribution in [-0.4, -0.2) is 14.5 Å². The quantitative estimate of drug-likeness (QED) is 0.149. The molecule has 0 saturated heterocycles. The zero-order valence-electron chi connectivity index (χ0n) is 41.5. The molecule has 0 aliphatic heterocycles. The fraction of sp³-hybridized carbons (Fsp3) is 0.0968. The topological polar surface area (TPSA) is 62.8 Å². The molecule has 0 amide bonds. The minimum absolute atomic E-state index is 0. The molecule has 7 aromatic carbocycles. The van der Waals surface area contributed by atoms with Crippen molar-refractivity contribution in [2.24, 2.45) is 0 Å². The van der Waals surface area contributed by atoms with Crippen molar-refractivity contribution in [2.45, 2.75) is 40.2 Å². The molecule has 12 heteroatoms. The van der Waals surface area contributed by atoms with Crippen molar-refractivity contribution >= 4 is 201 Å². The van der Waals surface area contributed by atoms with Crippen molar-refractivity contribution in [3.63, 3.8) is 0 Å². The summed E-state index contributed by atoms with van der Waals surface area (Å²) >= 11 is 12.9. The molecule has 0 spiro atoms. The summed E-state index contributed by atoms with van der Waals surface area (Å²) in [4.78, 5) is 6.30. The molecule has 0 aliphatic rings. The van der Waals surface area contributed by atoms with Crippen molar-refractivity contribution in [3.8, 4) is 0 Å². The number of nitrogens with one attached hydrogen (secondary N) is 2. The van der Waals surface area contributed by atoms with E-state index < -0.39 is 0 Å². The Balaban J connectivity index is 0.000000140.